The lowest BCUT2D eigenvalue weighted by atomic mass is 9.93. The first kappa shape index (κ1) is 13.7. The Hall–Kier alpha value is -3.26. The second-order valence-electron chi connectivity index (χ2n) is 4.92. The minimum absolute atomic E-state index is 0.219. The molecule has 108 valence electrons. The van der Waals surface area contributed by atoms with Crippen LogP contribution in [-0.4, -0.2) is 5.91 Å². The van der Waals surface area contributed by atoms with Crippen molar-refractivity contribution in [3.8, 4) is 6.07 Å². The maximum absolute atomic E-state index is 12.5. The predicted molar refractivity (Wildman–Crippen MR) is 85.5 cm³/mol. The second-order valence-corrected chi connectivity index (χ2v) is 4.92. The van der Waals surface area contributed by atoms with Gasteiger partial charge in [-0.2, -0.15) is 5.26 Å². The van der Waals surface area contributed by atoms with E-state index < -0.39 is 0 Å². The highest BCUT2D eigenvalue weighted by molar-refractivity contribution is 6.26. The van der Waals surface area contributed by atoms with E-state index in [1.807, 2.05) is 30.3 Å². The fourth-order valence-corrected chi connectivity index (χ4v) is 2.45. The lowest BCUT2D eigenvalue weighted by Crippen LogP contribution is -2.23. The number of rotatable bonds is 2. The minimum Gasteiger partial charge on any atom is -0.397 e. The molecule has 0 spiro atoms. The van der Waals surface area contributed by atoms with Crippen LogP contribution in [0.1, 0.15) is 16.7 Å². The molecular weight excluding hydrogens is 276 g/mol. The highest BCUT2D eigenvalue weighted by Crippen LogP contribution is 2.30. The number of nitriles is 1. The van der Waals surface area contributed by atoms with Crippen LogP contribution in [-0.2, 0) is 11.3 Å². The van der Waals surface area contributed by atoms with Crippen LogP contribution in [0.25, 0.3) is 5.57 Å². The number of nitrogens with one attached hydrogen (secondary N) is 2. The van der Waals surface area contributed by atoms with Gasteiger partial charge >= 0.3 is 0 Å². The summed E-state index contributed by atoms with van der Waals surface area (Å²) in [6.45, 7) is 0.499. The normalized spacial score (nSPS) is 12.4. The fourth-order valence-electron chi connectivity index (χ4n) is 2.45. The minimum atomic E-state index is -0.219. The standard InChI is InChI=1S/C17H14N4O/c18-8-11-6-7-13-14(16(11)19)9-20-10-15(13)17(22)21-12-4-2-1-3-5-12/h1-7,10,20H,9,19H2,(H,21,22). The Morgan fingerprint density at radius 1 is 1.23 bits per heavy atom. The van der Waals surface area contributed by atoms with Gasteiger partial charge in [0.05, 0.1) is 16.8 Å². The molecule has 2 aromatic carbocycles. The van der Waals surface area contributed by atoms with E-state index in [1.165, 1.54) is 0 Å². The van der Waals surface area contributed by atoms with Gasteiger partial charge in [0.25, 0.3) is 5.91 Å². The number of nitrogen functional groups attached to an aromatic ring is 1. The average molecular weight is 290 g/mol. The zero-order chi connectivity index (χ0) is 15.5. The topological polar surface area (TPSA) is 90.9 Å². The molecule has 0 saturated carbocycles. The van der Waals surface area contributed by atoms with Gasteiger partial charge in [0.15, 0.2) is 0 Å². The summed E-state index contributed by atoms with van der Waals surface area (Å²) < 4.78 is 0. The molecule has 1 aliphatic rings. The van der Waals surface area contributed by atoms with E-state index in [-0.39, 0.29) is 5.91 Å². The first-order chi connectivity index (χ1) is 10.7. The van der Waals surface area contributed by atoms with Gasteiger partial charge in [-0.05, 0) is 23.8 Å². The fraction of sp³-hybridized carbons (Fsp3) is 0.0588. The summed E-state index contributed by atoms with van der Waals surface area (Å²) in [6, 6.07) is 14.7. The van der Waals surface area contributed by atoms with Crippen molar-refractivity contribution in [2.75, 3.05) is 11.1 Å². The van der Waals surface area contributed by atoms with Crippen LogP contribution in [0, 0.1) is 11.3 Å². The van der Waals surface area contributed by atoms with Gasteiger partial charge in [-0.1, -0.05) is 24.3 Å². The number of carbonyl (C=O) groups excluding carboxylic acids is 1. The van der Waals surface area contributed by atoms with Gasteiger partial charge in [0.1, 0.15) is 6.07 Å². The molecule has 5 nitrogen and oxygen atoms in total. The van der Waals surface area contributed by atoms with E-state index in [4.69, 9.17) is 11.0 Å². The Labute approximate surface area is 128 Å². The molecule has 0 aromatic heterocycles. The smallest absolute Gasteiger partial charge is 0.257 e. The van der Waals surface area contributed by atoms with Gasteiger partial charge in [0.2, 0.25) is 0 Å². The van der Waals surface area contributed by atoms with Crippen molar-refractivity contribution >= 4 is 22.9 Å². The number of amides is 1. The Kier molecular flexibility index (Phi) is 3.50. The Bertz CT molecular complexity index is 803. The Morgan fingerprint density at radius 2 is 2.00 bits per heavy atom. The first-order valence-electron chi connectivity index (χ1n) is 6.82. The maximum atomic E-state index is 12.5. The van der Waals surface area contributed by atoms with E-state index in [2.05, 4.69) is 16.7 Å². The number of nitrogens with zero attached hydrogens (tertiary/aromatic N) is 1. The van der Waals surface area contributed by atoms with E-state index in [9.17, 15) is 4.79 Å². The average Bonchev–Trinajstić information content (AvgIpc) is 2.56. The molecule has 0 aliphatic carbocycles. The molecule has 0 saturated heterocycles. The van der Waals surface area contributed by atoms with Gasteiger partial charge in [-0.3, -0.25) is 4.79 Å². The van der Waals surface area contributed by atoms with Crippen LogP contribution >= 0.6 is 0 Å². The summed E-state index contributed by atoms with van der Waals surface area (Å²) in [7, 11) is 0. The zero-order valence-corrected chi connectivity index (χ0v) is 11.8. The third-order valence-electron chi connectivity index (χ3n) is 3.57. The maximum Gasteiger partial charge on any atom is 0.257 e. The number of hydrogen-bond donors (Lipinski definition) is 3. The molecule has 0 unspecified atom stereocenters. The summed E-state index contributed by atoms with van der Waals surface area (Å²) >= 11 is 0. The molecular formula is C17H14N4O. The second kappa shape index (κ2) is 5.62. The molecule has 0 radical (unpaired) electrons. The lowest BCUT2D eigenvalue weighted by molar-refractivity contribution is -0.111. The van der Waals surface area contributed by atoms with E-state index in [0.717, 1.165) is 16.8 Å². The van der Waals surface area contributed by atoms with Crippen LogP contribution in [0.4, 0.5) is 11.4 Å². The SMILES string of the molecule is N#Cc1ccc2c(c1N)CNC=C2C(=O)Nc1ccccc1. The van der Waals surface area contributed by atoms with Crippen LogP contribution in [0.3, 0.4) is 0 Å². The Morgan fingerprint density at radius 3 is 2.73 bits per heavy atom. The number of para-hydroxylation sites is 1. The Balaban J connectivity index is 1.94. The van der Waals surface area contributed by atoms with E-state index >= 15 is 0 Å². The van der Waals surface area contributed by atoms with Crippen molar-refractivity contribution in [1.82, 2.24) is 5.32 Å². The molecule has 0 bridgehead atoms. The molecule has 4 N–H and O–H groups in total. The number of anilines is 2. The van der Waals surface area contributed by atoms with Crippen molar-refractivity contribution in [2.24, 2.45) is 0 Å². The predicted octanol–water partition coefficient (Wildman–Crippen LogP) is 2.22. The number of nitrogens with two attached hydrogens (primary N) is 1. The molecule has 1 aliphatic heterocycles. The highest BCUT2D eigenvalue weighted by atomic mass is 16.1. The quantitative estimate of drug-likeness (QED) is 0.740. The van der Waals surface area contributed by atoms with Crippen LogP contribution in [0.15, 0.2) is 48.7 Å². The molecule has 1 amide bonds. The van der Waals surface area contributed by atoms with E-state index in [1.54, 1.807) is 18.3 Å². The van der Waals surface area contributed by atoms with Crippen molar-refractivity contribution in [1.29, 1.82) is 5.26 Å². The summed E-state index contributed by atoms with van der Waals surface area (Å²) in [4.78, 5) is 12.5. The molecule has 0 atom stereocenters. The third-order valence-corrected chi connectivity index (χ3v) is 3.57. The number of benzene rings is 2. The largest absolute Gasteiger partial charge is 0.397 e. The van der Waals surface area contributed by atoms with Gasteiger partial charge < -0.3 is 16.4 Å². The molecule has 3 rings (SSSR count). The molecule has 5 heteroatoms. The summed E-state index contributed by atoms with van der Waals surface area (Å²) in [5.41, 5.74) is 9.61. The number of hydrogen-bond acceptors (Lipinski definition) is 4. The summed E-state index contributed by atoms with van der Waals surface area (Å²) in [5.74, 6) is -0.219. The van der Waals surface area contributed by atoms with Crippen molar-refractivity contribution in [3.63, 3.8) is 0 Å². The number of fused-ring (bicyclic) bond motifs is 1. The number of carbonyl (C=O) groups is 1. The first-order valence-corrected chi connectivity index (χ1v) is 6.82. The monoisotopic (exact) mass is 290 g/mol. The van der Waals surface area contributed by atoms with Crippen molar-refractivity contribution < 1.29 is 4.79 Å². The van der Waals surface area contributed by atoms with Crippen LogP contribution in [0.2, 0.25) is 0 Å². The summed E-state index contributed by atoms with van der Waals surface area (Å²) in [6.07, 6.45) is 1.67. The van der Waals surface area contributed by atoms with E-state index in [0.29, 0.717) is 23.4 Å². The van der Waals surface area contributed by atoms with Crippen molar-refractivity contribution in [2.45, 2.75) is 6.54 Å². The van der Waals surface area contributed by atoms with Crippen LogP contribution < -0.4 is 16.4 Å². The molecule has 0 fully saturated rings. The van der Waals surface area contributed by atoms with Crippen LogP contribution in [0.5, 0.6) is 0 Å². The van der Waals surface area contributed by atoms with Gasteiger partial charge in [0, 0.05) is 24.0 Å². The lowest BCUT2D eigenvalue weighted by Gasteiger charge is -2.20. The summed E-state index contributed by atoms with van der Waals surface area (Å²) in [5, 5.41) is 14.9. The van der Waals surface area contributed by atoms with Gasteiger partial charge in [-0.15, -0.1) is 0 Å². The van der Waals surface area contributed by atoms with Crippen molar-refractivity contribution in [3.05, 3.63) is 65.4 Å². The zero-order valence-electron chi connectivity index (χ0n) is 11.8. The molecule has 1 heterocycles. The van der Waals surface area contributed by atoms with Gasteiger partial charge in [-0.25, -0.2) is 0 Å². The highest BCUT2D eigenvalue weighted by Gasteiger charge is 2.21. The molecule has 2 aromatic rings. The molecule has 22 heavy (non-hydrogen) atoms. The third kappa shape index (κ3) is 2.38.